The van der Waals surface area contributed by atoms with Crippen LogP contribution < -0.4 is 10.7 Å². The minimum Gasteiger partial charge on any atom is -0.468 e. The number of nitro groups is 1. The number of fused-ring (bicyclic) bond motifs is 1. The second kappa shape index (κ2) is 10.1. The third kappa shape index (κ3) is 6.29. The van der Waals surface area contributed by atoms with Crippen molar-refractivity contribution in [1.29, 1.82) is 0 Å². The van der Waals surface area contributed by atoms with Crippen LogP contribution in [0.3, 0.4) is 0 Å². The zero-order valence-corrected chi connectivity index (χ0v) is 19.1. The van der Waals surface area contributed by atoms with Crippen molar-refractivity contribution in [3.05, 3.63) is 28.3 Å². The van der Waals surface area contributed by atoms with E-state index in [1.807, 2.05) is 0 Å². The number of hydrogen-bond acceptors (Lipinski definition) is 12. The fourth-order valence-corrected chi connectivity index (χ4v) is 3.29. The molecule has 33 heavy (non-hydrogen) atoms. The minimum atomic E-state index is -2.01. The molecular formula is C19H21N5O8S. The number of nitrogens with one attached hydrogen (secondary N) is 2. The molecule has 0 fully saturated rings. The molecule has 0 bridgehead atoms. The third-order valence-corrected chi connectivity index (χ3v) is 4.84. The Morgan fingerprint density at radius 2 is 1.85 bits per heavy atom. The summed E-state index contributed by atoms with van der Waals surface area (Å²) in [6, 6.07) is 3.90. The lowest BCUT2D eigenvalue weighted by Crippen LogP contribution is -2.45. The molecule has 2 rings (SSSR count). The van der Waals surface area contributed by atoms with Gasteiger partial charge in [0.1, 0.15) is 0 Å². The zero-order valence-electron chi connectivity index (χ0n) is 18.3. The molecule has 1 amide bonds. The van der Waals surface area contributed by atoms with Crippen molar-refractivity contribution >= 4 is 61.7 Å². The summed E-state index contributed by atoms with van der Waals surface area (Å²) in [5.41, 5.74) is 1.47. The van der Waals surface area contributed by atoms with E-state index in [2.05, 4.69) is 30.3 Å². The van der Waals surface area contributed by atoms with Crippen LogP contribution in [0.5, 0.6) is 0 Å². The number of ether oxygens (including phenoxy) is 2. The summed E-state index contributed by atoms with van der Waals surface area (Å²) in [5.74, 6) is -6.93. The number of rotatable bonds is 8. The van der Waals surface area contributed by atoms with Crippen molar-refractivity contribution < 1.29 is 33.6 Å². The van der Waals surface area contributed by atoms with Crippen molar-refractivity contribution in [2.75, 3.05) is 19.5 Å². The number of hydrazone groups is 1. The average molecular weight is 479 g/mol. The van der Waals surface area contributed by atoms with Crippen LogP contribution in [0, 0.1) is 16.0 Å². The van der Waals surface area contributed by atoms with Gasteiger partial charge in [-0.05, 0) is 26.8 Å². The van der Waals surface area contributed by atoms with Crippen molar-refractivity contribution in [3.63, 3.8) is 0 Å². The Hall–Kier alpha value is -3.94. The maximum Gasteiger partial charge on any atom is 0.355 e. The molecule has 0 aliphatic rings. The van der Waals surface area contributed by atoms with Crippen molar-refractivity contribution in [3.8, 4) is 0 Å². The number of carbonyl (C=O) groups is 4. The molecular weight excluding hydrogens is 458 g/mol. The topological polar surface area (TPSA) is 179 Å². The number of thiazole rings is 1. The van der Waals surface area contributed by atoms with E-state index in [1.54, 1.807) is 20.8 Å². The maximum atomic E-state index is 12.9. The number of nitrogens with zero attached hydrogens (tertiary/aromatic N) is 3. The van der Waals surface area contributed by atoms with Crippen LogP contribution in [-0.4, -0.2) is 59.0 Å². The molecule has 176 valence electrons. The van der Waals surface area contributed by atoms with Gasteiger partial charge in [-0.3, -0.25) is 29.8 Å². The summed E-state index contributed by atoms with van der Waals surface area (Å²) in [6.45, 7) is 5.14. The van der Waals surface area contributed by atoms with E-state index in [-0.39, 0.29) is 10.8 Å². The lowest BCUT2D eigenvalue weighted by molar-refractivity contribution is -0.384. The highest BCUT2D eigenvalue weighted by Crippen LogP contribution is 2.29. The Balaban J connectivity index is 2.37. The Kier molecular flexibility index (Phi) is 7.76. The van der Waals surface area contributed by atoms with E-state index in [0.717, 1.165) is 25.6 Å². The summed E-state index contributed by atoms with van der Waals surface area (Å²) >= 11 is 0.883. The number of ketones is 1. The third-order valence-electron chi connectivity index (χ3n) is 3.91. The van der Waals surface area contributed by atoms with Gasteiger partial charge in [-0.1, -0.05) is 11.3 Å². The van der Waals surface area contributed by atoms with Crippen LogP contribution in [0.25, 0.3) is 10.2 Å². The van der Waals surface area contributed by atoms with Gasteiger partial charge in [-0.2, -0.15) is 5.10 Å². The van der Waals surface area contributed by atoms with Crippen LogP contribution in [0.1, 0.15) is 20.8 Å². The van der Waals surface area contributed by atoms with Gasteiger partial charge in [0.05, 0.1) is 29.4 Å². The second-order valence-electron chi connectivity index (χ2n) is 7.55. The van der Waals surface area contributed by atoms with Gasteiger partial charge >= 0.3 is 11.9 Å². The first-order valence-corrected chi connectivity index (χ1v) is 10.1. The Bertz CT molecular complexity index is 1150. The quantitative estimate of drug-likeness (QED) is 0.140. The largest absolute Gasteiger partial charge is 0.468 e. The van der Waals surface area contributed by atoms with Crippen molar-refractivity contribution in [2.24, 2.45) is 11.0 Å². The summed E-state index contributed by atoms with van der Waals surface area (Å²) < 4.78 is 9.59. The molecule has 13 nitrogen and oxygen atoms in total. The average Bonchev–Trinajstić information content (AvgIpc) is 3.15. The summed E-state index contributed by atoms with van der Waals surface area (Å²) in [5, 5.41) is 16.9. The number of Topliss-reactive ketones (excluding diaryl/α,β-unsaturated/α-hetero) is 1. The molecule has 1 unspecified atom stereocenters. The number of esters is 2. The highest BCUT2D eigenvalue weighted by atomic mass is 32.1. The van der Waals surface area contributed by atoms with Crippen LogP contribution in [0.4, 0.5) is 10.8 Å². The number of nitro benzene ring substituents is 1. The molecule has 0 aliphatic heterocycles. The van der Waals surface area contributed by atoms with E-state index in [1.165, 1.54) is 18.2 Å². The molecule has 2 aromatic rings. The molecule has 1 atom stereocenters. The van der Waals surface area contributed by atoms with Gasteiger partial charge < -0.3 is 14.9 Å². The molecule has 0 radical (unpaired) electrons. The number of anilines is 1. The number of hydrogen-bond donors (Lipinski definition) is 2. The molecule has 1 aromatic heterocycles. The summed E-state index contributed by atoms with van der Waals surface area (Å²) in [7, 11) is 2.00. The number of carbonyl (C=O) groups excluding carboxylic acids is 4. The molecule has 0 saturated heterocycles. The van der Waals surface area contributed by atoms with Crippen molar-refractivity contribution in [1.82, 2.24) is 10.4 Å². The van der Waals surface area contributed by atoms with Gasteiger partial charge in [0.15, 0.2) is 16.8 Å². The van der Waals surface area contributed by atoms with Crippen LogP contribution >= 0.6 is 11.3 Å². The predicted octanol–water partition coefficient (Wildman–Crippen LogP) is 1.42. The fraction of sp³-hybridized carbons (Fsp3) is 0.368. The lowest BCUT2D eigenvalue weighted by Gasteiger charge is -2.20. The summed E-state index contributed by atoms with van der Waals surface area (Å²) in [6.07, 6.45) is 0. The Labute approximate surface area is 191 Å². The second-order valence-corrected chi connectivity index (χ2v) is 8.58. The number of benzene rings is 1. The highest BCUT2D eigenvalue weighted by molar-refractivity contribution is 7.22. The normalized spacial score (nSPS) is 12.6. The SMILES string of the molecule is COC(=O)C(=NNC(C)(C)C)C(C(=O)OC)C(=O)C(=O)Nc1nc2ccc([N+](=O)[O-])cc2s1. The molecule has 14 heteroatoms. The van der Waals surface area contributed by atoms with Crippen LogP contribution in [0.15, 0.2) is 23.3 Å². The molecule has 0 saturated carbocycles. The van der Waals surface area contributed by atoms with Gasteiger partial charge in [0.25, 0.3) is 11.6 Å². The zero-order chi connectivity index (χ0) is 24.9. The van der Waals surface area contributed by atoms with Crippen LogP contribution in [-0.2, 0) is 28.7 Å². The first-order chi connectivity index (χ1) is 15.4. The van der Waals surface area contributed by atoms with E-state index in [4.69, 9.17) is 0 Å². The molecule has 0 spiro atoms. The van der Waals surface area contributed by atoms with E-state index >= 15 is 0 Å². The monoisotopic (exact) mass is 479 g/mol. The first kappa shape index (κ1) is 25.3. The van der Waals surface area contributed by atoms with Gasteiger partial charge in [0.2, 0.25) is 5.78 Å². The number of amides is 1. The predicted molar refractivity (Wildman–Crippen MR) is 118 cm³/mol. The Morgan fingerprint density at radius 1 is 1.18 bits per heavy atom. The smallest absolute Gasteiger partial charge is 0.355 e. The number of non-ortho nitro benzene ring substituents is 1. The minimum absolute atomic E-state index is 0.0446. The highest BCUT2D eigenvalue weighted by Gasteiger charge is 2.41. The van der Waals surface area contributed by atoms with Gasteiger partial charge in [-0.25, -0.2) is 9.78 Å². The molecule has 1 aromatic carbocycles. The fourth-order valence-electron chi connectivity index (χ4n) is 2.39. The van der Waals surface area contributed by atoms with E-state index in [0.29, 0.717) is 10.2 Å². The van der Waals surface area contributed by atoms with Gasteiger partial charge in [0, 0.05) is 17.7 Å². The lowest BCUT2D eigenvalue weighted by atomic mass is 9.97. The first-order valence-electron chi connectivity index (χ1n) is 9.29. The molecule has 1 heterocycles. The molecule has 2 N–H and O–H groups in total. The Morgan fingerprint density at radius 3 is 2.39 bits per heavy atom. The van der Waals surface area contributed by atoms with Crippen molar-refractivity contribution in [2.45, 2.75) is 26.3 Å². The summed E-state index contributed by atoms with van der Waals surface area (Å²) in [4.78, 5) is 64.4. The maximum absolute atomic E-state index is 12.9. The van der Waals surface area contributed by atoms with Crippen LogP contribution in [0.2, 0.25) is 0 Å². The van der Waals surface area contributed by atoms with E-state index in [9.17, 15) is 29.3 Å². The van der Waals surface area contributed by atoms with E-state index < -0.39 is 45.7 Å². The molecule has 0 aliphatic carbocycles. The standard InChI is InChI=1S/C19H21N5O8S/c1-19(2,3)23-22-13(17(28)32-5)12(16(27)31-4)14(25)15(26)21-18-20-10-7-6-9(24(29)30)8-11(10)33-18/h6-8,12,23H,1-5H3,(H,20,21,26). The number of methoxy groups -OCH3 is 2. The number of aromatic nitrogens is 1. The van der Waals surface area contributed by atoms with Gasteiger partial charge in [-0.15, -0.1) is 0 Å².